The molecule has 0 unspecified atom stereocenters. The van der Waals surface area contributed by atoms with Crippen molar-refractivity contribution in [3.8, 4) is 0 Å². The minimum atomic E-state index is -0.132. The van der Waals surface area contributed by atoms with Gasteiger partial charge >= 0.3 is 0 Å². The van der Waals surface area contributed by atoms with Crippen LogP contribution in [0.1, 0.15) is 48.7 Å². The maximum Gasteiger partial charge on any atom is 0.278 e. The molecule has 29 heavy (non-hydrogen) atoms. The first-order chi connectivity index (χ1) is 14.1. The standard InChI is InChI=1S/C24H31N3O2/c1-3-10-22(20-11-6-4-7-12-20)25-23(28)19(2)26-15-17-27(18-16-26)24(29)21-13-8-5-9-14-21/h4-9,11-14,19,22H,3,10,15-18H2,1-2H3,(H,25,28)/p+1/t19-,22+/m1/s1. The monoisotopic (exact) mass is 394 g/mol. The fourth-order valence-electron chi connectivity index (χ4n) is 3.97. The zero-order valence-electron chi connectivity index (χ0n) is 17.4. The molecule has 1 heterocycles. The number of carbonyl (C=O) groups excluding carboxylic acids is 2. The molecule has 0 saturated carbocycles. The van der Waals surface area contributed by atoms with Gasteiger partial charge in [-0.3, -0.25) is 9.59 Å². The maximum absolute atomic E-state index is 12.9. The van der Waals surface area contributed by atoms with Crippen LogP contribution < -0.4 is 10.2 Å². The number of carbonyl (C=O) groups is 2. The van der Waals surface area contributed by atoms with Crippen LogP contribution in [0.2, 0.25) is 0 Å². The Balaban J connectivity index is 1.55. The van der Waals surface area contributed by atoms with Gasteiger partial charge in [0.2, 0.25) is 0 Å². The molecular formula is C24H32N3O2+. The Bertz CT molecular complexity index is 786. The van der Waals surface area contributed by atoms with Gasteiger partial charge < -0.3 is 15.1 Å². The Labute approximate surface area is 173 Å². The van der Waals surface area contributed by atoms with Crippen molar-refractivity contribution in [3.63, 3.8) is 0 Å². The molecule has 0 aromatic heterocycles. The van der Waals surface area contributed by atoms with Crippen molar-refractivity contribution in [2.24, 2.45) is 0 Å². The predicted octanol–water partition coefficient (Wildman–Crippen LogP) is 2.07. The number of quaternary nitrogens is 1. The van der Waals surface area contributed by atoms with Gasteiger partial charge in [0.25, 0.3) is 11.8 Å². The second kappa shape index (κ2) is 10.2. The number of amides is 2. The zero-order chi connectivity index (χ0) is 20.6. The van der Waals surface area contributed by atoms with E-state index in [1.165, 1.54) is 4.90 Å². The average Bonchev–Trinajstić information content (AvgIpc) is 2.79. The van der Waals surface area contributed by atoms with E-state index in [1.54, 1.807) is 0 Å². The fourth-order valence-corrected chi connectivity index (χ4v) is 3.97. The van der Waals surface area contributed by atoms with E-state index in [4.69, 9.17) is 0 Å². The van der Waals surface area contributed by atoms with Gasteiger partial charge in [-0.05, 0) is 31.0 Å². The van der Waals surface area contributed by atoms with Crippen molar-refractivity contribution in [2.75, 3.05) is 26.2 Å². The molecule has 0 spiro atoms. The van der Waals surface area contributed by atoms with Crippen molar-refractivity contribution >= 4 is 11.8 Å². The van der Waals surface area contributed by atoms with E-state index in [9.17, 15) is 9.59 Å². The first-order valence-electron chi connectivity index (χ1n) is 10.6. The molecule has 0 aliphatic carbocycles. The van der Waals surface area contributed by atoms with Crippen LogP contribution in [0.25, 0.3) is 0 Å². The maximum atomic E-state index is 12.9. The number of benzene rings is 2. The molecule has 2 aromatic carbocycles. The third-order valence-electron chi connectivity index (χ3n) is 5.82. The van der Waals surface area contributed by atoms with Gasteiger partial charge in [-0.2, -0.15) is 0 Å². The Morgan fingerprint density at radius 2 is 1.59 bits per heavy atom. The summed E-state index contributed by atoms with van der Waals surface area (Å²) in [5, 5.41) is 3.25. The summed E-state index contributed by atoms with van der Waals surface area (Å²) in [6.07, 6.45) is 1.94. The second-order valence-corrected chi connectivity index (χ2v) is 7.80. The highest BCUT2D eigenvalue weighted by Gasteiger charge is 2.32. The average molecular weight is 395 g/mol. The Morgan fingerprint density at radius 1 is 1.00 bits per heavy atom. The van der Waals surface area contributed by atoms with E-state index in [-0.39, 0.29) is 23.9 Å². The van der Waals surface area contributed by atoms with Gasteiger partial charge in [0.1, 0.15) is 0 Å². The number of hydrogen-bond donors (Lipinski definition) is 2. The van der Waals surface area contributed by atoms with Gasteiger partial charge in [0.05, 0.1) is 32.2 Å². The summed E-state index contributed by atoms with van der Waals surface area (Å²) in [5.41, 5.74) is 1.88. The summed E-state index contributed by atoms with van der Waals surface area (Å²) < 4.78 is 0. The number of piperazine rings is 1. The number of hydrogen-bond acceptors (Lipinski definition) is 2. The molecule has 0 bridgehead atoms. The van der Waals surface area contributed by atoms with Gasteiger partial charge in [0.15, 0.2) is 6.04 Å². The largest absolute Gasteiger partial charge is 0.344 e. The molecule has 3 rings (SSSR count). The van der Waals surface area contributed by atoms with Crippen LogP contribution in [-0.4, -0.2) is 48.9 Å². The van der Waals surface area contributed by atoms with Gasteiger partial charge in [0, 0.05) is 5.56 Å². The molecule has 1 aliphatic heterocycles. The lowest BCUT2D eigenvalue weighted by molar-refractivity contribution is -0.917. The molecule has 154 valence electrons. The predicted molar refractivity (Wildman–Crippen MR) is 115 cm³/mol. The number of rotatable bonds is 7. The second-order valence-electron chi connectivity index (χ2n) is 7.80. The van der Waals surface area contributed by atoms with E-state index >= 15 is 0 Å². The normalized spacial score (nSPS) is 16.8. The van der Waals surface area contributed by atoms with Crippen LogP contribution in [0, 0.1) is 0 Å². The third-order valence-corrected chi connectivity index (χ3v) is 5.82. The number of nitrogens with one attached hydrogen (secondary N) is 2. The summed E-state index contributed by atoms with van der Waals surface area (Å²) in [7, 11) is 0. The Kier molecular flexibility index (Phi) is 7.42. The van der Waals surface area contributed by atoms with E-state index in [0.717, 1.165) is 37.1 Å². The number of nitrogens with zero attached hydrogens (tertiary/aromatic N) is 1. The van der Waals surface area contributed by atoms with E-state index in [2.05, 4.69) is 24.4 Å². The first-order valence-corrected chi connectivity index (χ1v) is 10.6. The van der Waals surface area contributed by atoms with Gasteiger partial charge in [-0.15, -0.1) is 0 Å². The molecule has 5 nitrogen and oxygen atoms in total. The van der Waals surface area contributed by atoms with Crippen LogP contribution in [0.4, 0.5) is 0 Å². The quantitative estimate of drug-likeness (QED) is 0.755. The van der Waals surface area contributed by atoms with Crippen molar-refractivity contribution in [1.82, 2.24) is 10.2 Å². The zero-order valence-corrected chi connectivity index (χ0v) is 17.4. The minimum Gasteiger partial charge on any atom is -0.344 e. The summed E-state index contributed by atoms with van der Waals surface area (Å²) in [5.74, 6) is 0.166. The molecular weight excluding hydrogens is 362 g/mol. The smallest absolute Gasteiger partial charge is 0.278 e. The molecule has 1 fully saturated rings. The Morgan fingerprint density at radius 3 is 2.17 bits per heavy atom. The molecule has 2 atom stereocenters. The SMILES string of the molecule is CCC[C@H](NC(=O)[C@@H](C)[NH+]1CCN(C(=O)c2ccccc2)CC1)c1ccccc1. The highest BCUT2D eigenvalue weighted by Crippen LogP contribution is 2.18. The summed E-state index contributed by atoms with van der Waals surface area (Å²) in [4.78, 5) is 28.7. The van der Waals surface area contributed by atoms with Crippen molar-refractivity contribution in [1.29, 1.82) is 0 Å². The lowest BCUT2D eigenvalue weighted by Crippen LogP contribution is -3.19. The van der Waals surface area contributed by atoms with Crippen molar-refractivity contribution < 1.29 is 14.5 Å². The van der Waals surface area contributed by atoms with Crippen molar-refractivity contribution in [3.05, 3.63) is 71.8 Å². The van der Waals surface area contributed by atoms with Gasteiger partial charge in [-0.25, -0.2) is 0 Å². The van der Waals surface area contributed by atoms with Crippen LogP contribution in [0.5, 0.6) is 0 Å². The molecule has 2 N–H and O–H groups in total. The lowest BCUT2D eigenvalue weighted by atomic mass is 10.0. The summed E-state index contributed by atoms with van der Waals surface area (Å²) >= 11 is 0. The minimum absolute atomic E-state index is 0.0523. The first kappa shape index (κ1) is 21.1. The molecule has 2 aromatic rings. The van der Waals surface area contributed by atoms with Crippen LogP contribution >= 0.6 is 0 Å². The molecule has 2 amide bonds. The van der Waals surface area contributed by atoms with Crippen LogP contribution in [0.15, 0.2) is 60.7 Å². The molecule has 1 saturated heterocycles. The van der Waals surface area contributed by atoms with E-state index < -0.39 is 0 Å². The van der Waals surface area contributed by atoms with Gasteiger partial charge in [-0.1, -0.05) is 61.9 Å². The van der Waals surface area contributed by atoms with Crippen LogP contribution in [-0.2, 0) is 4.79 Å². The highest BCUT2D eigenvalue weighted by atomic mass is 16.2. The van der Waals surface area contributed by atoms with E-state index in [0.29, 0.717) is 13.1 Å². The summed E-state index contributed by atoms with van der Waals surface area (Å²) in [6, 6.07) is 19.5. The topological polar surface area (TPSA) is 53.9 Å². The molecule has 5 heteroatoms. The van der Waals surface area contributed by atoms with Crippen molar-refractivity contribution in [2.45, 2.75) is 38.8 Å². The summed E-state index contributed by atoms with van der Waals surface area (Å²) in [6.45, 7) is 7.07. The lowest BCUT2D eigenvalue weighted by Gasteiger charge is -2.35. The van der Waals surface area contributed by atoms with E-state index in [1.807, 2.05) is 60.4 Å². The fraction of sp³-hybridized carbons (Fsp3) is 0.417. The Hall–Kier alpha value is -2.66. The van der Waals surface area contributed by atoms with Crippen LogP contribution in [0.3, 0.4) is 0 Å². The molecule has 1 aliphatic rings. The molecule has 0 radical (unpaired) electrons. The highest BCUT2D eigenvalue weighted by molar-refractivity contribution is 5.94. The third kappa shape index (κ3) is 5.45.